The smallest absolute Gasteiger partial charge is 0.0640 e. The highest BCUT2D eigenvalue weighted by Crippen LogP contribution is 2.19. The molecule has 1 aromatic rings. The zero-order valence-corrected chi connectivity index (χ0v) is 10.0. The number of anilines is 1. The minimum Gasteiger partial charge on any atom is -0.381 e. The summed E-state index contributed by atoms with van der Waals surface area (Å²) in [5, 5.41) is 8.72. The molecule has 3 heteroatoms. The van der Waals surface area contributed by atoms with Crippen LogP contribution in [0.5, 0.6) is 0 Å². The Kier molecular flexibility index (Phi) is 4.40. The largest absolute Gasteiger partial charge is 0.381 e. The predicted molar refractivity (Wildman–Crippen MR) is 67.8 cm³/mol. The maximum absolute atomic E-state index is 8.72. The fourth-order valence-electron chi connectivity index (χ4n) is 2.19. The zero-order valence-electron chi connectivity index (χ0n) is 10.0. The third-order valence-corrected chi connectivity index (χ3v) is 3.12. The van der Waals surface area contributed by atoms with Crippen molar-refractivity contribution in [1.82, 2.24) is 0 Å². The molecule has 1 atom stereocenters. The van der Waals surface area contributed by atoms with Gasteiger partial charge in [-0.25, -0.2) is 0 Å². The van der Waals surface area contributed by atoms with Crippen LogP contribution in [-0.2, 0) is 4.74 Å². The molecule has 17 heavy (non-hydrogen) atoms. The Morgan fingerprint density at radius 1 is 1.35 bits per heavy atom. The molecule has 1 aromatic carbocycles. The van der Waals surface area contributed by atoms with Crippen LogP contribution >= 0.6 is 0 Å². The lowest BCUT2D eigenvalue weighted by molar-refractivity contribution is 0.186. The molecular formula is C14H18N2O. The highest BCUT2D eigenvalue weighted by Gasteiger charge is 2.19. The van der Waals surface area contributed by atoms with E-state index in [4.69, 9.17) is 10.00 Å². The van der Waals surface area contributed by atoms with Crippen molar-refractivity contribution < 1.29 is 4.74 Å². The van der Waals surface area contributed by atoms with Crippen molar-refractivity contribution in [3.05, 3.63) is 30.3 Å². The molecule has 2 rings (SSSR count). The van der Waals surface area contributed by atoms with Gasteiger partial charge in [0, 0.05) is 31.3 Å². The highest BCUT2D eigenvalue weighted by molar-refractivity contribution is 5.46. The van der Waals surface area contributed by atoms with Gasteiger partial charge in [0.15, 0.2) is 0 Å². The summed E-state index contributed by atoms with van der Waals surface area (Å²) in [7, 11) is 0. The third-order valence-electron chi connectivity index (χ3n) is 3.12. The topological polar surface area (TPSA) is 36.3 Å². The Bertz CT molecular complexity index is 366. The molecule has 3 nitrogen and oxygen atoms in total. The van der Waals surface area contributed by atoms with Crippen molar-refractivity contribution in [2.24, 2.45) is 5.92 Å². The van der Waals surface area contributed by atoms with Gasteiger partial charge in [-0.15, -0.1) is 0 Å². The summed E-state index contributed by atoms with van der Waals surface area (Å²) in [5.74, 6) is 0.605. The second-order valence-electron chi connectivity index (χ2n) is 4.42. The fourth-order valence-corrected chi connectivity index (χ4v) is 2.19. The van der Waals surface area contributed by atoms with Crippen molar-refractivity contribution >= 4 is 5.69 Å². The highest BCUT2D eigenvalue weighted by atomic mass is 16.5. The molecule has 1 aliphatic rings. The summed E-state index contributed by atoms with van der Waals surface area (Å²) < 4.78 is 5.41. The average Bonchev–Trinajstić information content (AvgIpc) is 2.88. The Morgan fingerprint density at radius 2 is 2.18 bits per heavy atom. The third kappa shape index (κ3) is 3.47. The van der Waals surface area contributed by atoms with Crippen LogP contribution in [0.2, 0.25) is 0 Å². The molecule has 0 amide bonds. The van der Waals surface area contributed by atoms with Crippen LogP contribution in [0.25, 0.3) is 0 Å². The number of para-hydroxylation sites is 1. The number of hydrogen-bond donors (Lipinski definition) is 0. The monoisotopic (exact) mass is 230 g/mol. The first-order chi connectivity index (χ1) is 8.40. The van der Waals surface area contributed by atoms with E-state index in [2.05, 4.69) is 23.1 Å². The number of nitrogens with zero attached hydrogens (tertiary/aromatic N) is 2. The number of hydrogen-bond acceptors (Lipinski definition) is 3. The van der Waals surface area contributed by atoms with Gasteiger partial charge in [-0.05, 0) is 18.6 Å². The Morgan fingerprint density at radius 3 is 2.82 bits per heavy atom. The average molecular weight is 230 g/mol. The molecule has 0 radical (unpaired) electrons. The van der Waals surface area contributed by atoms with Crippen LogP contribution in [0.3, 0.4) is 0 Å². The van der Waals surface area contributed by atoms with Crippen LogP contribution in [-0.4, -0.2) is 26.3 Å². The van der Waals surface area contributed by atoms with Crippen molar-refractivity contribution in [3.63, 3.8) is 0 Å². The summed E-state index contributed by atoms with van der Waals surface area (Å²) in [6, 6.07) is 12.5. The molecule has 1 unspecified atom stereocenters. The lowest BCUT2D eigenvalue weighted by atomic mass is 10.1. The van der Waals surface area contributed by atoms with Crippen LogP contribution in [0.15, 0.2) is 30.3 Å². The molecule has 1 aliphatic heterocycles. The van der Waals surface area contributed by atoms with Crippen molar-refractivity contribution in [3.8, 4) is 6.07 Å². The maximum Gasteiger partial charge on any atom is 0.0640 e. The van der Waals surface area contributed by atoms with Crippen LogP contribution < -0.4 is 4.90 Å². The Balaban J connectivity index is 2.00. The quantitative estimate of drug-likeness (QED) is 0.779. The second kappa shape index (κ2) is 6.27. The van der Waals surface area contributed by atoms with Gasteiger partial charge < -0.3 is 9.64 Å². The number of rotatable bonds is 5. The van der Waals surface area contributed by atoms with E-state index in [0.29, 0.717) is 12.3 Å². The van der Waals surface area contributed by atoms with Gasteiger partial charge in [-0.1, -0.05) is 18.2 Å². The van der Waals surface area contributed by atoms with Gasteiger partial charge in [0.25, 0.3) is 0 Å². The lowest BCUT2D eigenvalue weighted by Gasteiger charge is -2.26. The molecule has 1 heterocycles. The van der Waals surface area contributed by atoms with E-state index in [1.165, 1.54) is 5.69 Å². The summed E-state index contributed by atoms with van der Waals surface area (Å²) >= 11 is 0. The molecule has 0 aliphatic carbocycles. The first-order valence-electron chi connectivity index (χ1n) is 6.15. The maximum atomic E-state index is 8.72. The normalized spacial score (nSPS) is 18.9. The summed E-state index contributed by atoms with van der Waals surface area (Å²) in [5.41, 5.74) is 1.20. The van der Waals surface area contributed by atoms with Crippen LogP contribution in [0, 0.1) is 17.2 Å². The minimum absolute atomic E-state index is 0.572. The summed E-state index contributed by atoms with van der Waals surface area (Å²) in [6.45, 7) is 3.53. The predicted octanol–water partition coefficient (Wildman–Crippen LogP) is 2.44. The molecule has 1 saturated heterocycles. The zero-order chi connectivity index (χ0) is 11.9. The van der Waals surface area contributed by atoms with Gasteiger partial charge >= 0.3 is 0 Å². The van der Waals surface area contributed by atoms with Crippen molar-refractivity contribution in [2.75, 3.05) is 31.2 Å². The van der Waals surface area contributed by atoms with E-state index >= 15 is 0 Å². The van der Waals surface area contributed by atoms with E-state index in [9.17, 15) is 0 Å². The molecule has 0 N–H and O–H groups in total. The van der Waals surface area contributed by atoms with E-state index in [1.807, 2.05) is 18.2 Å². The fraction of sp³-hybridized carbons (Fsp3) is 0.500. The Hall–Kier alpha value is -1.53. The van der Waals surface area contributed by atoms with Crippen molar-refractivity contribution in [1.29, 1.82) is 5.26 Å². The van der Waals surface area contributed by atoms with E-state index in [-0.39, 0.29) is 0 Å². The van der Waals surface area contributed by atoms with E-state index in [0.717, 1.165) is 32.7 Å². The number of nitriles is 1. The van der Waals surface area contributed by atoms with Crippen LogP contribution in [0.4, 0.5) is 5.69 Å². The first-order valence-corrected chi connectivity index (χ1v) is 6.15. The van der Waals surface area contributed by atoms with E-state index in [1.54, 1.807) is 0 Å². The van der Waals surface area contributed by atoms with Gasteiger partial charge in [0.05, 0.1) is 19.1 Å². The number of ether oxygens (including phenoxy) is 1. The Labute approximate surface area is 103 Å². The molecule has 1 fully saturated rings. The van der Waals surface area contributed by atoms with Crippen molar-refractivity contribution in [2.45, 2.75) is 12.8 Å². The molecule has 0 spiro atoms. The van der Waals surface area contributed by atoms with Gasteiger partial charge in [0.1, 0.15) is 0 Å². The summed E-state index contributed by atoms with van der Waals surface area (Å²) in [4.78, 5) is 2.29. The molecule has 0 saturated carbocycles. The molecule has 0 aromatic heterocycles. The minimum atomic E-state index is 0.572. The first kappa shape index (κ1) is 11.9. The molecule has 0 bridgehead atoms. The molecule has 90 valence electrons. The van der Waals surface area contributed by atoms with Gasteiger partial charge in [0.2, 0.25) is 0 Å². The number of benzene rings is 1. The van der Waals surface area contributed by atoms with Gasteiger partial charge in [-0.3, -0.25) is 0 Å². The molecular weight excluding hydrogens is 212 g/mol. The van der Waals surface area contributed by atoms with Gasteiger partial charge in [-0.2, -0.15) is 5.26 Å². The standard InChI is InChI=1S/C14H18N2O/c15-8-4-9-16(11-13-7-10-17-12-13)14-5-2-1-3-6-14/h1-3,5-6,13H,4,7,9-12H2. The van der Waals surface area contributed by atoms with Crippen LogP contribution in [0.1, 0.15) is 12.8 Å². The SMILES string of the molecule is N#CCCN(CC1CCOC1)c1ccccc1. The van der Waals surface area contributed by atoms with E-state index < -0.39 is 0 Å². The summed E-state index contributed by atoms with van der Waals surface area (Å²) in [6.07, 6.45) is 1.71. The lowest BCUT2D eigenvalue weighted by Crippen LogP contribution is -2.30. The second-order valence-corrected chi connectivity index (χ2v) is 4.42.